The fourth-order valence-corrected chi connectivity index (χ4v) is 2.23. The summed E-state index contributed by atoms with van der Waals surface area (Å²) in [6.07, 6.45) is 3.26. The highest BCUT2D eigenvalue weighted by Crippen LogP contribution is 2.46. The second-order valence-electron chi connectivity index (χ2n) is 5.15. The van der Waals surface area contributed by atoms with Gasteiger partial charge in [-0.1, -0.05) is 5.16 Å². The monoisotopic (exact) mass is 241 g/mol. The molecule has 1 aliphatic carbocycles. The van der Waals surface area contributed by atoms with E-state index in [0.717, 1.165) is 19.4 Å². The van der Waals surface area contributed by atoms with Gasteiger partial charge in [0.1, 0.15) is 5.41 Å². The Morgan fingerprint density at radius 1 is 1.53 bits per heavy atom. The van der Waals surface area contributed by atoms with E-state index >= 15 is 0 Å². The number of nitrogens with two attached hydrogens (primary N) is 1. The average Bonchev–Trinajstić information content (AvgIpc) is 3.03. The van der Waals surface area contributed by atoms with Crippen LogP contribution in [0, 0.1) is 5.41 Å². The van der Waals surface area contributed by atoms with E-state index in [1.807, 2.05) is 6.92 Å². The number of amidine groups is 1. The number of carbonyl (C=O) groups excluding carboxylic acids is 1. The molecular weight excluding hydrogens is 222 g/mol. The number of nitrogens with one attached hydrogen (secondary N) is 1. The van der Waals surface area contributed by atoms with Crippen LogP contribution < -0.4 is 11.1 Å². The first kappa shape index (κ1) is 12.2. The lowest BCUT2D eigenvalue weighted by Crippen LogP contribution is -2.46. The van der Waals surface area contributed by atoms with Crippen molar-refractivity contribution in [2.75, 3.05) is 13.2 Å². The molecule has 2 aliphatic rings. The molecule has 1 heterocycles. The predicted octanol–water partition coefficient (Wildman–Crippen LogP) is 0.198. The van der Waals surface area contributed by atoms with Gasteiger partial charge in [-0.2, -0.15) is 0 Å². The maximum Gasteiger partial charge on any atom is 0.234 e. The van der Waals surface area contributed by atoms with Crippen LogP contribution >= 0.6 is 0 Å². The highest BCUT2D eigenvalue weighted by atomic mass is 16.5. The van der Waals surface area contributed by atoms with Crippen LogP contribution in [0.4, 0.5) is 0 Å². The predicted molar refractivity (Wildman–Crippen MR) is 61.7 cm³/mol. The van der Waals surface area contributed by atoms with Crippen molar-refractivity contribution in [1.82, 2.24) is 5.32 Å². The molecule has 0 aromatic heterocycles. The zero-order chi connectivity index (χ0) is 12.5. The Labute approximate surface area is 100 Å². The molecule has 6 heteroatoms. The van der Waals surface area contributed by atoms with Crippen LogP contribution in [0.15, 0.2) is 5.16 Å². The van der Waals surface area contributed by atoms with E-state index in [4.69, 9.17) is 15.7 Å². The fraction of sp³-hybridized carbons (Fsp3) is 0.818. The Morgan fingerprint density at radius 2 is 2.24 bits per heavy atom. The van der Waals surface area contributed by atoms with Gasteiger partial charge in [0.2, 0.25) is 5.91 Å². The first-order valence-corrected chi connectivity index (χ1v) is 5.93. The van der Waals surface area contributed by atoms with Gasteiger partial charge < -0.3 is 21.0 Å². The van der Waals surface area contributed by atoms with Gasteiger partial charge in [0.25, 0.3) is 0 Å². The second kappa shape index (κ2) is 4.18. The normalized spacial score (nSPS) is 31.2. The number of hydrogen-bond donors (Lipinski definition) is 3. The Morgan fingerprint density at radius 3 is 2.71 bits per heavy atom. The van der Waals surface area contributed by atoms with E-state index in [-0.39, 0.29) is 17.3 Å². The molecule has 17 heavy (non-hydrogen) atoms. The van der Waals surface area contributed by atoms with Crippen molar-refractivity contribution in [1.29, 1.82) is 0 Å². The number of rotatable bonds is 4. The summed E-state index contributed by atoms with van der Waals surface area (Å²) in [5, 5.41) is 14.4. The molecule has 2 rings (SSSR count). The van der Waals surface area contributed by atoms with E-state index in [9.17, 15) is 4.79 Å². The second-order valence-corrected chi connectivity index (χ2v) is 5.15. The Bertz CT molecular complexity index is 344. The largest absolute Gasteiger partial charge is 0.409 e. The highest BCUT2D eigenvalue weighted by molar-refractivity contribution is 6.09. The summed E-state index contributed by atoms with van der Waals surface area (Å²) in [7, 11) is 0. The van der Waals surface area contributed by atoms with Gasteiger partial charge in [-0.05, 0) is 32.6 Å². The summed E-state index contributed by atoms with van der Waals surface area (Å²) in [5.41, 5.74) is 4.50. The number of ether oxygens (including phenoxy) is 1. The van der Waals surface area contributed by atoms with E-state index in [1.54, 1.807) is 0 Å². The van der Waals surface area contributed by atoms with Crippen LogP contribution in [-0.2, 0) is 9.53 Å². The van der Waals surface area contributed by atoms with Crippen molar-refractivity contribution in [2.24, 2.45) is 16.3 Å². The van der Waals surface area contributed by atoms with Crippen molar-refractivity contribution in [3.8, 4) is 0 Å². The Hall–Kier alpha value is -1.30. The zero-order valence-electron chi connectivity index (χ0n) is 10.0. The number of hydrogen-bond acceptors (Lipinski definition) is 4. The zero-order valence-corrected chi connectivity index (χ0v) is 10.0. The molecule has 2 fully saturated rings. The number of carbonyl (C=O) groups is 1. The maximum atomic E-state index is 12.0. The van der Waals surface area contributed by atoms with E-state index in [1.165, 1.54) is 0 Å². The van der Waals surface area contributed by atoms with Gasteiger partial charge in [-0.15, -0.1) is 0 Å². The number of amides is 1. The molecule has 1 amide bonds. The van der Waals surface area contributed by atoms with Gasteiger partial charge in [0.15, 0.2) is 5.84 Å². The molecule has 1 saturated carbocycles. The van der Waals surface area contributed by atoms with Crippen LogP contribution in [0.5, 0.6) is 0 Å². The Kier molecular flexibility index (Phi) is 2.99. The molecule has 0 aromatic carbocycles. The van der Waals surface area contributed by atoms with E-state index in [0.29, 0.717) is 19.4 Å². The molecule has 0 radical (unpaired) electrons. The summed E-state index contributed by atoms with van der Waals surface area (Å²) in [5.74, 6) is -0.156. The van der Waals surface area contributed by atoms with Crippen LogP contribution in [-0.4, -0.2) is 35.7 Å². The lowest BCUT2D eigenvalue weighted by Gasteiger charge is -2.24. The van der Waals surface area contributed by atoms with Crippen molar-refractivity contribution >= 4 is 11.7 Å². The van der Waals surface area contributed by atoms with Gasteiger partial charge in [0, 0.05) is 13.2 Å². The molecule has 1 unspecified atom stereocenters. The molecule has 0 bridgehead atoms. The van der Waals surface area contributed by atoms with Crippen LogP contribution in [0.2, 0.25) is 0 Å². The van der Waals surface area contributed by atoms with E-state index in [2.05, 4.69) is 10.5 Å². The lowest BCUT2D eigenvalue weighted by molar-refractivity contribution is -0.125. The summed E-state index contributed by atoms with van der Waals surface area (Å²) in [6.45, 7) is 3.22. The van der Waals surface area contributed by atoms with Crippen LogP contribution in [0.3, 0.4) is 0 Å². The smallest absolute Gasteiger partial charge is 0.234 e. The van der Waals surface area contributed by atoms with Gasteiger partial charge >= 0.3 is 0 Å². The first-order valence-electron chi connectivity index (χ1n) is 5.93. The molecule has 1 saturated heterocycles. The number of oxime groups is 1. The minimum atomic E-state index is -0.774. The first-order chi connectivity index (χ1) is 8.02. The minimum Gasteiger partial charge on any atom is -0.409 e. The molecule has 0 aromatic rings. The highest BCUT2D eigenvalue weighted by Gasteiger charge is 2.54. The van der Waals surface area contributed by atoms with Gasteiger partial charge in [-0.25, -0.2) is 0 Å². The van der Waals surface area contributed by atoms with Crippen LogP contribution in [0.1, 0.15) is 32.6 Å². The van der Waals surface area contributed by atoms with Crippen LogP contribution in [0.25, 0.3) is 0 Å². The number of nitrogens with zero attached hydrogens (tertiary/aromatic N) is 1. The molecular formula is C11H19N3O3. The van der Waals surface area contributed by atoms with Crippen molar-refractivity contribution in [2.45, 2.75) is 38.2 Å². The summed E-state index contributed by atoms with van der Waals surface area (Å²) < 4.78 is 5.59. The summed E-state index contributed by atoms with van der Waals surface area (Å²) in [4.78, 5) is 12.0. The summed E-state index contributed by atoms with van der Waals surface area (Å²) >= 11 is 0. The third kappa shape index (κ3) is 2.22. The third-order valence-electron chi connectivity index (χ3n) is 3.71. The third-order valence-corrected chi connectivity index (χ3v) is 3.71. The average molecular weight is 241 g/mol. The lowest BCUT2D eigenvalue weighted by atomic mass is 10.0. The molecule has 1 aliphatic heterocycles. The minimum absolute atomic E-state index is 0.00694. The van der Waals surface area contributed by atoms with E-state index < -0.39 is 5.41 Å². The molecule has 6 nitrogen and oxygen atoms in total. The van der Waals surface area contributed by atoms with Gasteiger partial charge in [0.05, 0.1) is 5.60 Å². The van der Waals surface area contributed by atoms with Crippen molar-refractivity contribution in [3.05, 3.63) is 0 Å². The molecule has 0 spiro atoms. The maximum absolute atomic E-state index is 12.0. The fourth-order valence-electron chi connectivity index (χ4n) is 2.23. The standard InChI is InChI=1S/C11H19N3O3/c1-10(3-2-6-17-10)7-13-9(15)11(4-5-11)8(12)14-16/h16H,2-7H2,1H3,(H2,12,14)(H,13,15). The Balaban J connectivity index is 1.90. The molecule has 1 atom stereocenters. The SMILES string of the molecule is CC1(CNC(=O)C2(C(N)=NO)CC2)CCCO1. The molecule has 96 valence electrons. The molecule has 4 N–H and O–H groups in total. The quantitative estimate of drug-likeness (QED) is 0.283. The van der Waals surface area contributed by atoms with Gasteiger partial charge in [-0.3, -0.25) is 4.79 Å². The van der Waals surface area contributed by atoms with Crippen molar-refractivity contribution < 1.29 is 14.7 Å². The van der Waals surface area contributed by atoms with Crippen molar-refractivity contribution in [3.63, 3.8) is 0 Å². The topological polar surface area (TPSA) is 96.9 Å². The summed E-state index contributed by atoms with van der Waals surface area (Å²) in [6, 6.07) is 0.